The summed E-state index contributed by atoms with van der Waals surface area (Å²) in [7, 11) is 0. The third-order valence-corrected chi connectivity index (χ3v) is 3.76. The fraction of sp³-hybridized carbons (Fsp3) is 0.368. The van der Waals surface area contributed by atoms with Gasteiger partial charge in [-0.15, -0.1) is 0 Å². The normalized spacial score (nSPS) is 11.8. The molecule has 3 heteroatoms. The highest BCUT2D eigenvalue weighted by Crippen LogP contribution is 2.34. The van der Waals surface area contributed by atoms with Gasteiger partial charge in [0.25, 0.3) is 0 Å². The fourth-order valence-electron chi connectivity index (χ4n) is 2.41. The molecule has 1 aromatic heterocycles. The summed E-state index contributed by atoms with van der Waals surface area (Å²) in [5.41, 5.74) is 11.5. The van der Waals surface area contributed by atoms with Crippen molar-refractivity contribution in [2.45, 2.75) is 46.1 Å². The maximum absolute atomic E-state index is 5.97. The molecule has 1 aromatic carbocycles. The Balaban J connectivity index is 2.51. The van der Waals surface area contributed by atoms with Crippen molar-refractivity contribution in [2.75, 3.05) is 0 Å². The van der Waals surface area contributed by atoms with Crippen LogP contribution in [0.2, 0.25) is 0 Å². The number of nitrogens with two attached hydrogens (primary N) is 1. The fourth-order valence-corrected chi connectivity index (χ4v) is 2.41. The molecule has 0 spiro atoms. The molecule has 0 saturated carbocycles. The van der Waals surface area contributed by atoms with Crippen molar-refractivity contribution in [3.63, 3.8) is 0 Å². The SMILES string of the molecule is CC(C)c1cc(CN)c(N=Cc2ccccn2)c(C(C)C)c1. The number of aromatic nitrogens is 1. The first kappa shape index (κ1) is 16.4. The Bertz CT molecular complexity index is 643. The minimum Gasteiger partial charge on any atom is -0.326 e. The van der Waals surface area contributed by atoms with Crippen LogP contribution in [0.15, 0.2) is 41.5 Å². The Morgan fingerprint density at radius 3 is 2.45 bits per heavy atom. The summed E-state index contributed by atoms with van der Waals surface area (Å²) in [6.07, 6.45) is 3.59. The molecule has 0 amide bonds. The molecule has 0 saturated heterocycles. The molecular formula is C19H25N3. The summed E-state index contributed by atoms with van der Waals surface area (Å²) in [5.74, 6) is 0.886. The average Bonchev–Trinajstić information content (AvgIpc) is 2.52. The van der Waals surface area contributed by atoms with Crippen LogP contribution in [0.25, 0.3) is 0 Å². The van der Waals surface area contributed by atoms with Gasteiger partial charge in [0.1, 0.15) is 0 Å². The third-order valence-electron chi connectivity index (χ3n) is 3.76. The van der Waals surface area contributed by atoms with Crippen LogP contribution in [0, 0.1) is 0 Å². The first-order valence-corrected chi connectivity index (χ1v) is 7.84. The number of nitrogens with zero attached hydrogens (tertiary/aromatic N) is 2. The molecule has 0 bridgehead atoms. The van der Waals surface area contributed by atoms with E-state index < -0.39 is 0 Å². The van der Waals surface area contributed by atoms with E-state index in [1.165, 1.54) is 11.1 Å². The first-order chi connectivity index (χ1) is 10.5. The van der Waals surface area contributed by atoms with Crippen molar-refractivity contribution in [1.82, 2.24) is 4.98 Å². The quantitative estimate of drug-likeness (QED) is 0.823. The molecule has 0 unspecified atom stereocenters. The summed E-state index contributed by atoms with van der Waals surface area (Å²) in [4.78, 5) is 8.99. The average molecular weight is 295 g/mol. The Kier molecular flexibility index (Phi) is 5.45. The second kappa shape index (κ2) is 7.32. The Labute approximate surface area is 133 Å². The molecule has 0 atom stereocenters. The summed E-state index contributed by atoms with van der Waals surface area (Å²) in [5, 5.41) is 0. The number of hydrogen-bond donors (Lipinski definition) is 1. The van der Waals surface area contributed by atoms with Crippen molar-refractivity contribution < 1.29 is 0 Å². The van der Waals surface area contributed by atoms with Gasteiger partial charge < -0.3 is 5.73 Å². The molecule has 0 aliphatic carbocycles. The van der Waals surface area contributed by atoms with E-state index in [0.717, 1.165) is 16.9 Å². The molecule has 0 aliphatic rings. The Morgan fingerprint density at radius 2 is 1.91 bits per heavy atom. The zero-order chi connectivity index (χ0) is 16.1. The molecule has 0 radical (unpaired) electrons. The minimum atomic E-state index is 0.403. The molecule has 0 fully saturated rings. The van der Waals surface area contributed by atoms with E-state index in [4.69, 9.17) is 10.7 Å². The smallest absolute Gasteiger partial charge is 0.0812 e. The Morgan fingerprint density at radius 1 is 1.14 bits per heavy atom. The lowest BCUT2D eigenvalue weighted by molar-refractivity contribution is 0.826. The summed E-state index contributed by atoms with van der Waals surface area (Å²) in [6, 6.07) is 10.3. The first-order valence-electron chi connectivity index (χ1n) is 7.84. The van der Waals surface area contributed by atoms with Gasteiger partial charge in [0.15, 0.2) is 0 Å². The number of rotatable bonds is 5. The van der Waals surface area contributed by atoms with Gasteiger partial charge in [-0.3, -0.25) is 9.98 Å². The predicted molar refractivity (Wildman–Crippen MR) is 94.0 cm³/mol. The zero-order valence-electron chi connectivity index (χ0n) is 13.9. The van der Waals surface area contributed by atoms with E-state index in [2.05, 4.69) is 44.8 Å². The van der Waals surface area contributed by atoms with Gasteiger partial charge in [-0.05, 0) is 40.7 Å². The molecule has 22 heavy (non-hydrogen) atoms. The lowest BCUT2D eigenvalue weighted by atomic mass is 9.91. The van der Waals surface area contributed by atoms with Gasteiger partial charge in [0, 0.05) is 12.7 Å². The molecule has 0 aliphatic heterocycles. The lowest BCUT2D eigenvalue weighted by Gasteiger charge is -2.17. The molecule has 2 rings (SSSR count). The largest absolute Gasteiger partial charge is 0.326 e. The standard InChI is InChI=1S/C19H25N3/c1-13(2)15-9-16(11-20)19(18(10-15)14(3)4)22-12-17-7-5-6-8-21-17/h5-10,12-14H,11,20H2,1-4H3. The number of aliphatic imine (C=N–C) groups is 1. The van der Waals surface area contributed by atoms with Crippen molar-refractivity contribution in [2.24, 2.45) is 10.7 Å². The van der Waals surface area contributed by atoms with Gasteiger partial charge in [-0.1, -0.05) is 45.9 Å². The van der Waals surface area contributed by atoms with E-state index in [1.54, 1.807) is 6.20 Å². The van der Waals surface area contributed by atoms with Crippen LogP contribution >= 0.6 is 0 Å². The second-order valence-electron chi connectivity index (χ2n) is 6.14. The highest BCUT2D eigenvalue weighted by molar-refractivity contribution is 5.80. The molecular weight excluding hydrogens is 270 g/mol. The van der Waals surface area contributed by atoms with Crippen LogP contribution in [0.3, 0.4) is 0 Å². The highest BCUT2D eigenvalue weighted by atomic mass is 14.8. The minimum absolute atomic E-state index is 0.403. The molecule has 2 aromatic rings. The van der Waals surface area contributed by atoms with Crippen LogP contribution < -0.4 is 5.73 Å². The lowest BCUT2D eigenvalue weighted by Crippen LogP contribution is -2.03. The maximum atomic E-state index is 5.97. The number of hydrogen-bond acceptors (Lipinski definition) is 3. The van der Waals surface area contributed by atoms with E-state index in [0.29, 0.717) is 18.4 Å². The summed E-state index contributed by atoms with van der Waals surface area (Å²) in [6.45, 7) is 9.29. The van der Waals surface area contributed by atoms with Crippen LogP contribution in [0.1, 0.15) is 61.9 Å². The third kappa shape index (κ3) is 3.80. The van der Waals surface area contributed by atoms with Gasteiger partial charge in [-0.2, -0.15) is 0 Å². The van der Waals surface area contributed by atoms with Gasteiger partial charge >= 0.3 is 0 Å². The van der Waals surface area contributed by atoms with Gasteiger partial charge in [0.2, 0.25) is 0 Å². The van der Waals surface area contributed by atoms with Crippen LogP contribution in [-0.2, 0) is 6.54 Å². The molecule has 2 N–H and O–H groups in total. The van der Waals surface area contributed by atoms with E-state index in [9.17, 15) is 0 Å². The van der Waals surface area contributed by atoms with Crippen molar-refractivity contribution in [3.05, 3.63) is 58.9 Å². The van der Waals surface area contributed by atoms with Crippen molar-refractivity contribution in [1.29, 1.82) is 0 Å². The zero-order valence-corrected chi connectivity index (χ0v) is 13.9. The van der Waals surface area contributed by atoms with Crippen LogP contribution in [-0.4, -0.2) is 11.2 Å². The topological polar surface area (TPSA) is 51.3 Å². The summed E-state index contributed by atoms with van der Waals surface area (Å²) >= 11 is 0. The van der Waals surface area contributed by atoms with Crippen molar-refractivity contribution in [3.8, 4) is 0 Å². The number of pyridine rings is 1. The van der Waals surface area contributed by atoms with Crippen LogP contribution in [0.5, 0.6) is 0 Å². The van der Waals surface area contributed by atoms with E-state index in [1.807, 2.05) is 24.4 Å². The Hall–Kier alpha value is -2.00. The highest BCUT2D eigenvalue weighted by Gasteiger charge is 2.13. The van der Waals surface area contributed by atoms with Crippen LogP contribution in [0.4, 0.5) is 5.69 Å². The maximum Gasteiger partial charge on any atom is 0.0812 e. The summed E-state index contributed by atoms with van der Waals surface area (Å²) < 4.78 is 0. The number of benzene rings is 1. The second-order valence-corrected chi connectivity index (χ2v) is 6.14. The van der Waals surface area contributed by atoms with E-state index in [-0.39, 0.29) is 0 Å². The predicted octanol–water partition coefficient (Wildman–Crippen LogP) is 4.54. The molecule has 1 heterocycles. The van der Waals surface area contributed by atoms with E-state index >= 15 is 0 Å². The van der Waals surface area contributed by atoms with Gasteiger partial charge in [-0.25, -0.2) is 0 Å². The molecule has 3 nitrogen and oxygen atoms in total. The van der Waals surface area contributed by atoms with Gasteiger partial charge in [0.05, 0.1) is 17.6 Å². The van der Waals surface area contributed by atoms with Crippen molar-refractivity contribution >= 4 is 11.9 Å². The monoisotopic (exact) mass is 295 g/mol. The molecule has 116 valence electrons.